The zero-order valence-electron chi connectivity index (χ0n) is 12.6. The maximum atomic E-state index is 11.9. The van der Waals surface area contributed by atoms with Crippen LogP contribution in [0.2, 0.25) is 10.0 Å². The molecule has 0 saturated heterocycles. The molecular formula is C16H11Cl2N3O4. The van der Waals surface area contributed by atoms with E-state index in [1.165, 1.54) is 18.2 Å². The van der Waals surface area contributed by atoms with Crippen molar-refractivity contribution in [1.82, 2.24) is 9.97 Å². The fourth-order valence-corrected chi connectivity index (χ4v) is 2.66. The molecule has 7 nitrogen and oxygen atoms in total. The Hall–Kier alpha value is -2.77. The number of fused-ring (bicyclic) bond motifs is 1. The summed E-state index contributed by atoms with van der Waals surface area (Å²) < 4.78 is 4.93. The number of amides is 1. The Bertz CT molecular complexity index is 1030. The molecule has 3 aromatic rings. The number of halogens is 2. The molecule has 0 atom stereocenters. The third-order valence-electron chi connectivity index (χ3n) is 3.29. The highest BCUT2D eigenvalue weighted by Gasteiger charge is 2.14. The molecule has 0 spiro atoms. The number of aromatic amines is 2. The Morgan fingerprint density at radius 1 is 1.04 bits per heavy atom. The summed E-state index contributed by atoms with van der Waals surface area (Å²) >= 11 is 11.7. The lowest BCUT2D eigenvalue weighted by Gasteiger charge is -2.08. The summed E-state index contributed by atoms with van der Waals surface area (Å²) in [5.74, 6) is -1.27. The smallest absolute Gasteiger partial charge is 0.340 e. The predicted molar refractivity (Wildman–Crippen MR) is 94.3 cm³/mol. The molecule has 0 saturated carbocycles. The maximum absolute atomic E-state index is 11.9. The summed E-state index contributed by atoms with van der Waals surface area (Å²) in [6.45, 7) is -0.487. The molecule has 0 bridgehead atoms. The van der Waals surface area contributed by atoms with E-state index in [-0.39, 0.29) is 16.3 Å². The zero-order chi connectivity index (χ0) is 18.0. The van der Waals surface area contributed by atoms with Gasteiger partial charge >= 0.3 is 11.7 Å². The van der Waals surface area contributed by atoms with Crippen LogP contribution in [0.25, 0.3) is 11.0 Å². The lowest BCUT2D eigenvalue weighted by atomic mass is 10.2. The van der Waals surface area contributed by atoms with E-state index in [4.69, 9.17) is 27.9 Å². The van der Waals surface area contributed by atoms with Gasteiger partial charge in [-0.2, -0.15) is 0 Å². The van der Waals surface area contributed by atoms with E-state index in [1.54, 1.807) is 18.2 Å². The van der Waals surface area contributed by atoms with Gasteiger partial charge in [-0.1, -0.05) is 23.2 Å². The second kappa shape index (κ2) is 7.00. The standard InChI is InChI=1S/C16H11Cl2N3O4/c17-8-1-3-10(11(18)5-8)15(23)25-7-14(22)19-9-2-4-12-13(6-9)21-16(24)20-12/h1-6H,7H2,(H,19,22)(H2,20,21,24). The van der Waals surface area contributed by atoms with E-state index in [1.807, 2.05) is 0 Å². The Kier molecular flexibility index (Phi) is 4.78. The van der Waals surface area contributed by atoms with Crippen molar-refractivity contribution in [2.24, 2.45) is 0 Å². The third kappa shape index (κ3) is 4.01. The number of hydrogen-bond donors (Lipinski definition) is 3. The van der Waals surface area contributed by atoms with Crippen molar-refractivity contribution in [2.45, 2.75) is 0 Å². The van der Waals surface area contributed by atoms with Crippen molar-refractivity contribution in [1.29, 1.82) is 0 Å². The first kappa shape index (κ1) is 17.1. The summed E-state index contributed by atoms with van der Waals surface area (Å²) in [4.78, 5) is 40.2. The van der Waals surface area contributed by atoms with Crippen LogP contribution in [0.1, 0.15) is 10.4 Å². The van der Waals surface area contributed by atoms with Crippen molar-refractivity contribution < 1.29 is 14.3 Å². The number of nitrogens with one attached hydrogen (secondary N) is 3. The quantitative estimate of drug-likeness (QED) is 0.606. The number of anilines is 1. The number of imidazole rings is 1. The van der Waals surface area contributed by atoms with Crippen LogP contribution in [0.4, 0.5) is 5.69 Å². The van der Waals surface area contributed by atoms with Crippen LogP contribution in [-0.4, -0.2) is 28.5 Å². The highest BCUT2D eigenvalue weighted by molar-refractivity contribution is 6.36. The second-order valence-electron chi connectivity index (χ2n) is 5.09. The van der Waals surface area contributed by atoms with E-state index in [2.05, 4.69) is 15.3 Å². The fourth-order valence-electron chi connectivity index (χ4n) is 2.17. The normalized spacial score (nSPS) is 10.6. The lowest BCUT2D eigenvalue weighted by molar-refractivity contribution is -0.119. The maximum Gasteiger partial charge on any atom is 0.340 e. The highest BCUT2D eigenvalue weighted by atomic mass is 35.5. The van der Waals surface area contributed by atoms with Crippen LogP contribution in [0.5, 0.6) is 0 Å². The van der Waals surface area contributed by atoms with Crippen LogP contribution >= 0.6 is 23.2 Å². The van der Waals surface area contributed by atoms with E-state index in [9.17, 15) is 14.4 Å². The minimum Gasteiger partial charge on any atom is -0.452 e. The summed E-state index contributed by atoms with van der Waals surface area (Å²) in [6.07, 6.45) is 0. The molecule has 1 heterocycles. The monoisotopic (exact) mass is 379 g/mol. The first-order valence-electron chi connectivity index (χ1n) is 7.06. The van der Waals surface area contributed by atoms with Gasteiger partial charge in [-0.15, -0.1) is 0 Å². The summed E-state index contributed by atoms with van der Waals surface area (Å²) in [7, 11) is 0. The average Bonchev–Trinajstić information content (AvgIpc) is 2.92. The molecule has 1 amide bonds. The third-order valence-corrected chi connectivity index (χ3v) is 3.83. The molecule has 128 valence electrons. The molecule has 2 aromatic carbocycles. The lowest BCUT2D eigenvalue weighted by Crippen LogP contribution is -2.21. The van der Waals surface area contributed by atoms with Gasteiger partial charge in [-0.05, 0) is 36.4 Å². The molecule has 3 N–H and O–H groups in total. The van der Waals surface area contributed by atoms with Gasteiger partial charge in [0.2, 0.25) is 0 Å². The molecule has 9 heteroatoms. The number of rotatable bonds is 4. The topological polar surface area (TPSA) is 104 Å². The van der Waals surface area contributed by atoms with Crippen LogP contribution in [0.3, 0.4) is 0 Å². The van der Waals surface area contributed by atoms with Gasteiger partial charge in [-0.3, -0.25) is 4.79 Å². The van der Waals surface area contributed by atoms with Crippen LogP contribution < -0.4 is 11.0 Å². The zero-order valence-corrected chi connectivity index (χ0v) is 14.1. The second-order valence-corrected chi connectivity index (χ2v) is 5.93. The molecule has 0 radical (unpaired) electrons. The Labute approximate surface area is 150 Å². The van der Waals surface area contributed by atoms with Crippen molar-refractivity contribution in [2.75, 3.05) is 11.9 Å². The van der Waals surface area contributed by atoms with Crippen molar-refractivity contribution in [3.05, 3.63) is 62.5 Å². The first-order valence-corrected chi connectivity index (χ1v) is 7.82. The van der Waals surface area contributed by atoms with Crippen molar-refractivity contribution in [3.63, 3.8) is 0 Å². The molecular weight excluding hydrogens is 369 g/mol. The number of ether oxygens (including phenoxy) is 1. The minimum absolute atomic E-state index is 0.116. The van der Waals surface area contributed by atoms with Gasteiger partial charge in [0.15, 0.2) is 6.61 Å². The molecule has 1 aromatic heterocycles. The molecule has 25 heavy (non-hydrogen) atoms. The largest absolute Gasteiger partial charge is 0.452 e. The number of benzene rings is 2. The van der Waals surface area contributed by atoms with E-state index in [0.717, 1.165) is 0 Å². The minimum atomic E-state index is -0.734. The van der Waals surface area contributed by atoms with E-state index < -0.39 is 18.5 Å². The molecule has 3 rings (SSSR count). The molecule has 0 unspecified atom stereocenters. The van der Waals surface area contributed by atoms with E-state index >= 15 is 0 Å². The number of aromatic nitrogens is 2. The van der Waals surface area contributed by atoms with Crippen molar-refractivity contribution >= 4 is 51.8 Å². The number of carbonyl (C=O) groups excluding carboxylic acids is 2. The van der Waals surface area contributed by atoms with Gasteiger partial charge < -0.3 is 20.0 Å². The van der Waals surface area contributed by atoms with Gasteiger partial charge in [0, 0.05) is 10.7 Å². The number of esters is 1. The van der Waals surface area contributed by atoms with Gasteiger partial charge in [0.05, 0.1) is 21.6 Å². The first-order chi connectivity index (χ1) is 11.9. The van der Waals surface area contributed by atoms with Crippen molar-refractivity contribution in [3.8, 4) is 0 Å². The summed E-state index contributed by atoms with van der Waals surface area (Å²) in [6, 6.07) is 9.16. The number of H-pyrrole nitrogens is 2. The Morgan fingerprint density at radius 3 is 2.56 bits per heavy atom. The highest BCUT2D eigenvalue weighted by Crippen LogP contribution is 2.21. The predicted octanol–water partition coefficient (Wildman–Crippen LogP) is 2.96. The number of hydrogen-bond acceptors (Lipinski definition) is 4. The van der Waals surface area contributed by atoms with Crippen LogP contribution in [0, 0.1) is 0 Å². The molecule has 0 aliphatic heterocycles. The Morgan fingerprint density at radius 2 is 1.80 bits per heavy atom. The van der Waals surface area contributed by atoms with Crippen LogP contribution in [-0.2, 0) is 9.53 Å². The van der Waals surface area contributed by atoms with Gasteiger partial charge in [0.25, 0.3) is 5.91 Å². The summed E-state index contributed by atoms with van der Waals surface area (Å²) in [5.41, 5.74) is 1.39. The van der Waals surface area contributed by atoms with Gasteiger partial charge in [0.1, 0.15) is 0 Å². The number of carbonyl (C=O) groups is 2. The molecule has 0 fully saturated rings. The average molecular weight is 380 g/mol. The summed E-state index contributed by atoms with van der Waals surface area (Å²) in [5, 5.41) is 3.09. The molecule has 0 aliphatic carbocycles. The molecule has 0 aliphatic rings. The SMILES string of the molecule is O=C(COC(=O)c1ccc(Cl)cc1Cl)Nc1ccc2[nH]c(=O)[nH]c2c1. The fraction of sp³-hybridized carbons (Fsp3) is 0.0625. The van der Waals surface area contributed by atoms with E-state index in [0.29, 0.717) is 21.7 Å². The van der Waals surface area contributed by atoms with Crippen LogP contribution in [0.15, 0.2) is 41.2 Å². The Balaban J connectivity index is 1.61. The van der Waals surface area contributed by atoms with Gasteiger partial charge in [-0.25, -0.2) is 9.59 Å².